The molecule has 1 fully saturated rings. The van der Waals surface area contributed by atoms with Crippen molar-refractivity contribution < 1.29 is 8.42 Å². The van der Waals surface area contributed by atoms with E-state index in [0.29, 0.717) is 16.5 Å². The number of rotatable bonds is 5. The van der Waals surface area contributed by atoms with E-state index in [9.17, 15) is 8.42 Å². The van der Waals surface area contributed by atoms with Crippen molar-refractivity contribution >= 4 is 25.8 Å². The van der Waals surface area contributed by atoms with Gasteiger partial charge in [-0.2, -0.15) is 0 Å². The number of sulfone groups is 1. The highest BCUT2D eigenvalue weighted by atomic mass is 79.9. The maximum Gasteiger partial charge on any atom is 0.147 e. The van der Waals surface area contributed by atoms with E-state index in [-0.39, 0.29) is 0 Å². The van der Waals surface area contributed by atoms with Gasteiger partial charge in [-0.05, 0) is 37.5 Å². The van der Waals surface area contributed by atoms with Crippen LogP contribution in [-0.4, -0.2) is 25.3 Å². The summed E-state index contributed by atoms with van der Waals surface area (Å²) < 4.78 is 22.3. The second kappa shape index (κ2) is 6.39. The van der Waals surface area contributed by atoms with Gasteiger partial charge < -0.3 is 0 Å². The van der Waals surface area contributed by atoms with Crippen molar-refractivity contribution in [2.24, 2.45) is 11.8 Å². The van der Waals surface area contributed by atoms with Gasteiger partial charge in [0, 0.05) is 11.1 Å². The van der Waals surface area contributed by atoms with E-state index in [1.54, 1.807) is 0 Å². The van der Waals surface area contributed by atoms with E-state index < -0.39 is 9.84 Å². The Morgan fingerprint density at radius 1 is 1.25 bits per heavy atom. The molecule has 3 atom stereocenters. The molecule has 4 heteroatoms. The number of hydrogen-bond acceptors (Lipinski definition) is 2. The molecule has 0 aromatic rings. The summed E-state index contributed by atoms with van der Waals surface area (Å²) in [6.45, 7) is 2.23. The van der Waals surface area contributed by atoms with Crippen LogP contribution < -0.4 is 0 Å². The Morgan fingerprint density at radius 3 is 2.50 bits per heavy atom. The van der Waals surface area contributed by atoms with Gasteiger partial charge in [0.2, 0.25) is 0 Å². The van der Waals surface area contributed by atoms with Gasteiger partial charge in [0.15, 0.2) is 0 Å². The van der Waals surface area contributed by atoms with Gasteiger partial charge in [0.1, 0.15) is 9.84 Å². The van der Waals surface area contributed by atoms with Crippen LogP contribution in [0.25, 0.3) is 0 Å². The third-order valence-corrected chi connectivity index (χ3v) is 5.74. The third kappa shape index (κ3) is 5.17. The van der Waals surface area contributed by atoms with Crippen molar-refractivity contribution in [3.8, 4) is 0 Å². The van der Waals surface area contributed by atoms with E-state index in [2.05, 4.69) is 22.9 Å². The lowest BCUT2D eigenvalue weighted by Crippen LogP contribution is -2.27. The summed E-state index contributed by atoms with van der Waals surface area (Å²) in [6.07, 6.45) is 8.43. The molecule has 1 saturated carbocycles. The summed E-state index contributed by atoms with van der Waals surface area (Å²) in [5, 5.41) is 0. The highest BCUT2D eigenvalue weighted by molar-refractivity contribution is 9.09. The molecule has 96 valence electrons. The van der Waals surface area contributed by atoms with Gasteiger partial charge in [-0.1, -0.05) is 35.7 Å². The van der Waals surface area contributed by atoms with E-state index >= 15 is 0 Å². The molecule has 0 aromatic heterocycles. The minimum absolute atomic E-state index is 0.346. The largest absolute Gasteiger partial charge is 0.229 e. The molecule has 16 heavy (non-hydrogen) atoms. The van der Waals surface area contributed by atoms with Crippen molar-refractivity contribution in [2.75, 3.05) is 12.0 Å². The molecule has 0 spiro atoms. The van der Waals surface area contributed by atoms with E-state index in [0.717, 1.165) is 12.3 Å². The summed E-state index contributed by atoms with van der Waals surface area (Å²) in [5.74, 6) is 1.72. The van der Waals surface area contributed by atoms with Gasteiger partial charge in [0.25, 0.3) is 0 Å². The fourth-order valence-electron chi connectivity index (χ4n) is 2.66. The lowest BCUT2D eigenvalue weighted by Gasteiger charge is -2.33. The van der Waals surface area contributed by atoms with Gasteiger partial charge >= 0.3 is 0 Å². The third-order valence-electron chi connectivity index (χ3n) is 3.55. The van der Waals surface area contributed by atoms with E-state index in [4.69, 9.17) is 0 Å². The summed E-state index contributed by atoms with van der Waals surface area (Å²) in [5.41, 5.74) is 0. The zero-order valence-electron chi connectivity index (χ0n) is 10.3. The number of halogens is 1. The molecular weight excluding hydrogens is 288 g/mol. The molecule has 1 aliphatic rings. The second-order valence-electron chi connectivity index (χ2n) is 5.16. The smallest absolute Gasteiger partial charge is 0.147 e. The molecule has 0 amide bonds. The maximum atomic E-state index is 11.2. The summed E-state index contributed by atoms with van der Waals surface area (Å²) >= 11 is 3.71. The van der Waals surface area contributed by atoms with E-state index in [1.807, 2.05) is 0 Å². The van der Waals surface area contributed by atoms with Crippen LogP contribution in [0.2, 0.25) is 0 Å². The first kappa shape index (κ1) is 14.5. The number of hydrogen-bond donors (Lipinski definition) is 0. The van der Waals surface area contributed by atoms with Crippen LogP contribution in [0.4, 0.5) is 0 Å². The van der Waals surface area contributed by atoms with Gasteiger partial charge in [-0.3, -0.25) is 0 Å². The topological polar surface area (TPSA) is 34.1 Å². The Balaban J connectivity index is 2.43. The van der Waals surface area contributed by atoms with Crippen molar-refractivity contribution in [2.45, 2.75) is 50.3 Å². The predicted molar refractivity (Wildman–Crippen MR) is 72.8 cm³/mol. The Kier molecular flexibility index (Phi) is 5.78. The lowest BCUT2D eigenvalue weighted by molar-refractivity contribution is 0.260. The minimum atomic E-state index is -2.80. The molecule has 0 heterocycles. The highest BCUT2D eigenvalue weighted by Crippen LogP contribution is 2.37. The second-order valence-corrected chi connectivity index (χ2v) is 8.60. The average Bonchev–Trinajstić information content (AvgIpc) is 2.18. The fourth-order valence-corrected chi connectivity index (χ4v) is 4.13. The molecule has 2 nitrogen and oxygen atoms in total. The lowest BCUT2D eigenvalue weighted by atomic mass is 9.78. The molecule has 1 rings (SSSR count). The monoisotopic (exact) mass is 310 g/mol. The molecule has 0 saturated heterocycles. The Morgan fingerprint density at radius 2 is 1.94 bits per heavy atom. The van der Waals surface area contributed by atoms with Crippen LogP contribution in [0.1, 0.15) is 45.4 Å². The van der Waals surface area contributed by atoms with Crippen LogP contribution >= 0.6 is 15.9 Å². The van der Waals surface area contributed by atoms with Crippen LogP contribution in [0.15, 0.2) is 0 Å². The minimum Gasteiger partial charge on any atom is -0.229 e. The van der Waals surface area contributed by atoms with Crippen molar-refractivity contribution in [3.05, 3.63) is 0 Å². The van der Waals surface area contributed by atoms with Crippen LogP contribution in [-0.2, 0) is 9.84 Å². The van der Waals surface area contributed by atoms with Crippen molar-refractivity contribution in [1.82, 2.24) is 0 Å². The van der Waals surface area contributed by atoms with Crippen molar-refractivity contribution in [3.63, 3.8) is 0 Å². The summed E-state index contributed by atoms with van der Waals surface area (Å²) in [7, 11) is -2.80. The summed E-state index contributed by atoms with van der Waals surface area (Å²) in [4.78, 5) is 0.530. The first-order chi connectivity index (χ1) is 7.42. The van der Waals surface area contributed by atoms with Gasteiger partial charge in [-0.25, -0.2) is 8.42 Å². The Hall–Kier alpha value is 0.430. The summed E-state index contributed by atoms with van der Waals surface area (Å²) in [6, 6.07) is 0. The van der Waals surface area contributed by atoms with Gasteiger partial charge in [0.05, 0.1) is 5.75 Å². The van der Waals surface area contributed by atoms with Crippen molar-refractivity contribution in [1.29, 1.82) is 0 Å². The molecule has 0 aromatic carbocycles. The molecule has 0 N–H and O–H groups in total. The maximum absolute atomic E-state index is 11.2. The zero-order valence-corrected chi connectivity index (χ0v) is 12.7. The average molecular weight is 311 g/mol. The Bertz CT molecular complexity index is 300. The molecule has 1 aliphatic carbocycles. The van der Waals surface area contributed by atoms with E-state index in [1.165, 1.54) is 38.4 Å². The first-order valence-electron chi connectivity index (χ1n) is 6.24. The SMILES string of the molecule is CCCC1CCC(Br)C(CCS(C)(=O)=O)C1. The molecular formula is C12H23BrO2S. The highest BCUT2D eigenvalue weighted by Gasteiger charge is 2.28. The predicted octanol–water partition coefficient (Wildman–Crippen LogP) is 3.40. The van der Waals surface area contributed by atoms with Gasteiger partial charge in [-0.15, -0.1) is 0 Å². The Labute approximate surface area is 108 Å². The first-order valence-corrected chi connectivity index (χ1v) is 9.21. The molecule has 0 bridgehead atoms. The normalized spacial score (nSPS) is 31.6. The fraction of sp³-hybridized carbons (Fsp3) is 1.00. The zero-order chi connectivity index (χ0) is 12.2. The quantitative estimate of drug-likeness (QED) is 0.729. The standard InChI is InChI=1S/C12H23BrO2S/c1-3-4-10-5-6-12(13)11(9-10)7-8-16(2,14)15/h10-12H,3-9H2,1-2H3. The van der Waals surface area contributed by atoms with Crippen LogP contribution in [0.3, 0.4) is 0 Å². The van der Waals surface area contributed by atoms with Crippen LogP contribution in [0.5, 0.6) is 0 Å². The molecule has 0 aliphatic heterocycles. The molecule has 3 unspecified atom stereocenters. The van der Waals surface area contributed by atoms with Crippen LogP contribution in [0, 0.1) is 11.8 Å². The number of alkyl halides is 1. The molecule has 0 radical (unpaired) electrons.